The third kappa shape index (κ3) is 8.54. The number of hydrogen-bond acceptors (Lipinski definition) is 5. The fourth-order valence-electron chi connectivity index (χ4n) is 2.66. The lowest BCUT2D eigenvalue weighted by molar-refractivity contribution is -0.192. The standard InChI is InChI=1S/C19H23N3O3.C2HF3O2/c1-13(19(24)25)22(17-6-2-5-15(12-17)18(21)23)11-3-4-14-7-9-16(20)10-8-14;3-2(4,5)1(6)7/h2,5-10,12-13H,3-4,11,20H2,1H3,(H2,21,23)(H,24,25);(H,6,7). The van der Waals surface area contributed by atoms with E-state index in [-0.39, 0.29) is 0 Å². The Balaban J connectivity index is 0.000000633. The molecule has 1 atom stereocenters. The van der Waals surface area contributed by atoms with Crippen LogP contribution < -0.4 is 16.4 Å². The normalized spacial score (nSPS) is 11.6. The molecule has 32 heavy (non-hydrogen) atoms. The Bertz CT molecular complexity index is 933. The summed E-state index contributed by atoms with van der Waals surface area (Å²) < 4.78 is 31.7. The number of carbonyl (C=O) groups excluding carboxylic acids is 1. The first-order valence-corrected chi connectivity index (χ1v) is 9.36. The second kappa shape index (κ2) is 11.6. The average Bonchev–Trinajstić information content (AvgIpc) is 2.72. The van der Waals surface area contributed by atoms with E-state index in [4.69, 9.17) is 21.4 Å². The maximum Gasteiger partial charge on any atom is 0.490 e. The topological polar surface area (TPSA) is 147 Å². The van der Waals surface area contributed by atoms with Gasteiger partial charge in [-0.25, -0.2) is 9.59 Å². The molecule has 2 rings (SSSR count). The number of anilines is 2. The summed E-state index contributed by atoms with van der Waals surface area (Å²) in [5, 5.41) is 16.5. The molecule has 0 spiro atoms. The highest BCUT2D eigenvalue weighted by Gasteiger charge is 2.38. The Kier molecular flexibility index (Phi) is 9.51. The molecule has 0 aliphatic carbocycles. The fourth-order valence-corrected chi connectivity index (χ4v) is 2.66. The van der Waals surface area contributed by atoms with Crippen molar-refractivity contribution >= 4 is 29.2 Å². The Morgan fingerprint density at radius 2 is 1.62 bits per heavy atom. The summed E-state index contributed by atoms with van der Waals surface area (Å²) in [4.78, 5) is 33.5. The minimum Gasteiger partial charge on any atom is -0.480 e. The third-order valence-corrected chi connectivity index (χ3v) is 4.37. The van der Waals surface area contributed by atoms with Crippen LogP contribution in [0, 0.1) is 0 Å². The van der Waals surface area contributed by atoms with Gasteiger partial charge in [-0.05, 0) is 55.7 Å². The van der Waals surface area contributed by atoms with Crippen molar-refractivity contribution in [1.82, 2.24) is 0 Å². The van der Waals surface area contributed by atoms with E-state index in [0.717, 1.165) is 18.4 Å². The lowest BCUT2D eigenvalue weighted by atomic mass is 10.1. The number of nitrogens with two attached hydrogens (primary N) is 2. The molecule has 1 amide bonds. The van der Waals surface area contributed by atoms with Crippen LogP contribution in [0.1, 0.15) is 29.3 Å². The van der Waals surface area contributed by atoms with Gasteiger partial charge in [0.15, 0.2) is 0 Å². The Labute approximate surface area is 182 Å². The minimum atomic E-state index is -5.08. The first-order chi connectivity index (χ1) is 14.8. The number of amides is 1. The summed E-state index contributed by atoms with van der Waals surface area (Å²) in [6, 6.07) is 13.7. The van der Waals surface area contributed by atoms with E-state index < -0.39 is 30.1 Å². The van der Waals surface area contributed by atoms with Crippen LogP contribution in [0.15, 0.2) is 48.5 Å². The number of halogens is 3. The van der Waals surface area contributed by atoms with Gasteiger partial charge in [-0.2, -0.15) is 13.2 Å². The maximum atomic E-state index is 11.5. The van der Waals surface area contributed by atoms with Gasteiger partial charge in [-0.3, -0.25) is 4.79 Å². The van der Waals surface area contributed by atoms with Gasteiger partial charge in [0, 0.05) is 23.5 Å². The summed E-state index contributed by atoms with van der Waals surface area (Å²) >= 11 is 0. The van der Waals surface area contributed by atoms with Gasteiger partial charge in [0.05, 0.1) is 0 Å². The number of alkyl halides is 3. The van der Waals surface area contributed by atoms with Crippen molar-refractivity contribution < 1.29 is 37.8 Å². The molecular formula is C21H24F3N3O5. The van der Waals surface area contributed by atoms with Gasteiger partial charge >= 0.3 is 18.1 Å². The van der Waals surface area contributed by atoms with Gasteiger partial charge in [-0.1, -0.05) is 18.2 Å². The number of carboxylic acid groups (broad SMARTS) is 2. The number of primary amides is 1. The van der Waals surface area contributed by atoms with Crippen LogP contribution in [-0.2, 0) is 16.0 Å². The van der Waals surface area contributed by atoms with E-state index in [9.17, 15) is 27.9 Å². The zero-order valence-electron chi connectivity index (χ0n) is 17.2. The van der Waals surface area contributed by atoms with E-state index in [1.54, 1.807) is 36.1 Å². The number of aliphatic carboxylic acids is 2. The summed E-state index contributed by atoms with van der Waals surface area (Å²) in [6.45, 7) is 2.17. The van der Waals surface area contributed by atoms with E-state index in [1.807, 2.05) is 24.3 Å². The molecule has 0 saturated carbocycles. The molecule has 6 N–H and O–H groups in total. The molecule has 0 bridgehead atoms. The zero-order chi connectivity index (χ0) is 24.5. The average molecular weight is 455 g/mol. The number of hydrogen-bond donors (Lipinski definition) is 4. The minimum absolute atomic E-state index is 0.360. The molecule has 0 aromatic heterocycles. The highest BCUT2D eigenvalue weighted by Crippen LogP contribution is 2.20. The molecule has 0 fully saturated rings. The molecule has 0 saturated heterocycles. The molecule has 11 heteroatoms. The number of nitrogens with zero attached hydrogens (tertiary/aromatic N) is 1. The maximum absolute atomic E-state index is 11.5. The molecular weight excluding hydrogens is 431 g/mol. The monoisotopic (exact) mass is 455 g/mol. The third-order valence-electron chi connectivity index (χ3n) is 4.37. The Morgan fingerprint density at radius 1 is 1.06 bits per heavy atom. The number of aryl methyl sites for hydroxylation is 1. The lowest BCUT2D eigenvalue weighted by Gasteiger charge is -2.29. The SMILES string of the molecule is CC(C(=O)O)N(CCCc1ccc(N)cc1)c1cccc(C(N)=O)c1.O=C(O)C(F)(F)F. The molecule has 0 aliphatic heterocycles. The van der Waals surface area contributed by atoms with Gasteiger partial charge in [0.25, 0.3) is 0 Å². The van der Waals surface area contributed by atoms with Crippen molar-refractivity contribution in [2.75, 3.05) is 17.2 Å². The van der Waals surface area contributed by atoms with E-state index in [1.165, 1.54) is 0 Å². The van der Waals surface area contributed by atoms with Crippen LogP contribution in [0.3, 0.4) is 0 Å². The van der Waals surface area contributed by atoms with Crippen LogP contribution in [0.2, 0.25) is 0 Å². The molecule has 1 unspecified atom stereocenters. The lowest BCUT2D eigenvalue weighted by Crippen LogP contribution is -2.40. The number of benzene rings is 2. The molecule has 0 radical (unpaired) electrons. The van der Waals surface area contributed by atoms with Crippen molar-refractivity contribution in [3.8, 4) is 0 Å². The number of nitrogen functional groups attached to an aromatic ring is 1. The summed E-state index contributed by atoms with van der Waals surface area (Å²) in [6.07, 6.45) is -3.51. The zero-order valence-corrected chi connectivity index (χ0v) is 17.2. The molecule has 0 heterocycles. The second-order valence-electron chi connectivity index (χ2n) is 6.77. The van der Waals surface area contributed by atoms with E-state index in [2.05, 4.69) is 0 Å². The molecule has 174 valence electrons. The highest BCUT2D eigenvalue weighted by molar-refractivity contribution is 5.94. The van der Waals surface area contributed by atoms with E-state index in [0.29, 0.717) is 23.5 Å². The van der Waals surface area contributed by atoms with E-state index >= 15 is 0 Å². The molecule has 2 aromatic rings. The number of carboxylic acids is 2. The van der Waals surface area contributed by atoms with Crippen molar-refractivity contribution in [2.45, 2.75) is 32.0 Å². The van der Waals surface area contributed by atoms with Gasteiger partial charge in [0.2, 0.25) is 5.91 Å². The largest absolute Gasteiger partial charge is 0.490 e. The molecule has 0 aliphatic rings. The Morgan fingerprint density at radius 3 is 2.09 bits per heavy atom. The smallest absolute Gasteiger partial charge is 0.480 e. The summed E-state index contributed by atoms with van der Waals surface area (Å²) in [7, 11) is 0. The van der Waals surface area contributed by atoms with Crippen molar-refractivity contribution in [3.05, 3.63) is 59.7 Å². The predicted octanol–water partition coefficient (Wildman–Crippen LogP) is 2.91. The van der Waals surface area contributed by atoms with Crippen LogP contribution >= 0.6 is 0 Å². The molecule has 8 nitrogen and oxygen atoms in total. The first-order valence-electron chi connectivity index (χ1n) is 9.36. The van der Waals surface area contributed by atoms with Crippen molar-refractivity contribution in [1.29, 1.82) is 0 Å². The van der Waals surface area contributed by atoms with Crippen molar-refractivity contribution in [2.24, 2.45) is 5.73 Å². The number of carbonyl (C=O) groups is 3. The van der Waals surface area contributed by atoms with Crippen LogP contribution in [0.25, 0.3) is 0 Å². The fraction of sp³-hybridized carbons (Fsp3) is 0.286. The van der Waals surface area contributed by atoms with Gasteiger partial charge in [-0.15, -0.1) is 0 Å². The van der Waals surface area contributed by atoms with Crippen LogP contribution in [-0.4, -0.2) is 46.8 Å². The summed E-state index contributed by atoms with van der Waals surface area (Å²) in [5.74, 6) is -4.21. The van der Waals surface area contributed by atoms with Gasteiger partial charge in [0.1, 0.15) is 6.04 Å². The van der Waals surface area contributed by atoms with Crippen molar-refractivity contribution in [3.63, 3.8) is 0 Å². The molecule has 2 aromatic carbocycles. The Hall–Kier alpha value is -3.76. The van der Waals surface area contributed by atoms with Gasteiger partial charge < -0.3 is 26.6 Å². The summed E-state index contributed by atoms with van der Waals surface area (Å²) in [5.41, 5.74) is 13.9. The highest BCUT2D eigenvalue weighted by atomic mass is 19.4. The van der Waals surface area contributed by atoms with Crippen LogP contribution in [0.4, 0.5) is 24.5 Å². The quantitative estimate of drug-likeness (QED) is 0.448. The second-order valence-corrected chi connectivity index (χ2v) is 6.77. The number of rotatable bonds is 8. The predicted molar refractivity (Wildman–Crippen MR) is 112 cm³/mol. The first kappa shape index (κ1) is 26.3. The van der Waals surface area contributed by atoms with Crippen LogP contribution in [0.5, 0.6) is 0 Å².